The molecular formula is C136H89N7O4. The van der Waals surface area contributed by atoms with Crippen LogP contribution in [0.5, 0.6) is 0 Å². The Balaban J connectivity index is 0.0000000915. The standard InChI is InChI=1S/3C37H24N2O.C25H17NO/c1-23-10-8-14-28-36-34(18-9-19-35(36)40-37(23)28)39-32-17-7-4-13-27(32)29-22-24(20-21-33(29)39)38-30-15-5-2-11-25(30)26-12-3-6-16-31(26)38;1-23-9-8-13-29-31-22-25(18-20-36(31)40-37(23)29)39-34-16-7-4-12-28(34)30-21-24(17-19-35(30)39)38-32-14-5-2-10-26(32)27-11-3-6-15-33(27)38;1-23-14-18-36-30(20-23)31-22-25(16-19-37(31)40-36)39-34-13-7-4-10-28(34)29-21-24(15-17-35(29)39)38-32-11-5-2-8-26(32)27-9-3-6-12-33(27)38;1-16-13-14-23-19(15-16)25-22(11-6-12-24(25)27-23)26-20-9-4-2-7-17(20)18-8-3-5-10-21(18)26/h3*2-22H,1H3;2-15H,1H3. The fourth-order valence-corrected chi connectivity index (χ4v) is 24.2. The van der Waals surface area contributed by atoms with Gasteiger partial charge < -0.3 is 49.6 Å². The molecule has 22 aromatic carbocycles. The third kappa shape index (κ3) is 12.8. The largest absolute Gasteiger partial charge is 0.456 e. The zero-order chi connectivity index (χ0) is 97.1. The fraction of sp³-hybridized carbons (Fsp3) is 0.0294. The summed E-state index contributed by atoms with van der Waals surface area (Å²) < 4.78 is 41.7. The topological polar surface area (TPSA) is 87.1 Å². The third-order valence-corrected chi connectivity index (χ3v) is 30.7. The number of furan rings is 4. The summed E-state index contributed by atoms with van der Waals surface area (Å²) >= 11 is 0. The Morgan fingerprint density at radius 1 is 0.136 bits per heavy atom. The van der Waals surface area contributed by atoms with Crippen molar-refractivity contribution in [3.05, 3.63) is 489 Å². The van der Waals surface area contributed by atoms with Crippen molar-refractivity contribution in [1.82, 2.24) is 32.0 Å². The van der Waals surface area contributed by atoms with Crippen molar-refractivity contribution in [2.75, 3.05) is 0 Å². The van der Waals surface area contributed by atoms with E-state index >= 15 is 0 Å². The Bertz CT molecular complexity index is 10900. The summed E-state index contributed by atoms with van der Waals surface area (Å²) in [6.07, 6.45) is 0. The number of nitrogens with zero attached hydrogens (tertiary/aromatic N) is 7. The highest BCUT2D eigenvalue weighted by Crippen LogP contribution is 2.48. The van der Waals surface area contributed by atoms with Gasteiger partial charge in [0.1, 0.15) is 44.7 Å². The lowest BCUT2D eigenvalue weighted by Crippen LogP contribution is -1.96. The maximum atomic E-state index is 6.38. The Kier molecular flexibility index (Phi) is 18.5. The van der Waals surface area contributed by atoms with Crippen LogP contribution in [0, 0.1) is 27.7 Å². The second-order valence-corrected chi connectivity index (χ2v) is 39.1. The SMILES string of the molecule is Cc1ccc2oc3ccc(-n4c5ccccc5c5cc(-n6c7ccccc7c7ccccc76)ccc54)cc3c2c1.Cc1ccc2oc3cccc(-n4c5ccccc5c5ccccc54)c3c2c1.Cc1cccc2c1oc1ccc(-n3c4ccccc4c4cc(-n5c6ccccc6c6ccccc65)ccc43)cc12.Cc1cccc2c1oc1cccc(-n3c4ccccc4c4cc(-n5c6ccccc6c6ccccc65)ccc43)c12. The maximum Gasteiger partial charge on any atom is 0.138 e. The number of rotatable bonds is 7. The summed E-state index contributed by atoms with van der Waals surface area (Å²) in [6, 6.07) is 167. The number of hydrogen-bond donors (Lipinski definition) is 0. The summed E-state index contributed by atoms with van der Waals surface area (Å²) in [6.45, 7) is 8.47. The van der Waals surface area contributed by atoms with Crippen LogP contribution in [0.3, 0.4) is 0 Å². The number of hydrogen-bond acceptors (Lipinski definition) is 4. The molecule has 147 heavy (non-hydrogen) atoms. The van der Waals surface area contributed by atoms with Gasteiger partial charge >= 0.3 is 0 Å². The van der Waals surface area contributed by atoms with E-state index in [9.17, 15) is 0 Å². The lowest BCUT2D eigenvalue weighted by atomic mass is 10.1. The third-order valence-electron chi connectivity index (χ3n) is 30.7. The molecule has 0 aliphatic heterocycles. The Morgan fingerprint density at radius 3 is 0.714 bits per heavy atom. The molecular weight excluding hydrogens is 1800 g/mol. The number of aryl methyl sites for hydroxylation is 4. The molecule has 0 saturated carbocycles. The minimum Gasteiger partial charge on any atom is -0.456 e. The minimum atomic E-state index is 0.912. The minimum absolute atomic E-state index is 0.912. The van der Waals surface area contributed by atoms with Crippen LogP contribution in [-0.4, -0.2) is 32.0 Å². The smallest absolute Gasteiger partial charge is 0.138 e. The average molecular weight is 1890 g/mol. The van der Waals surface area contributed by atoms with E-state index in [2.05, 4.69) is 527 Å². The van der Waals surface area contributed by atoms with Gasteiger partial charge in [0.05, 0.1) is 99.4 Å². The molecule has 11 heterocycles. The van der Waals surface area contributed by atoms with Crippen molar-refractivity contribution in [3.8, 4) is 39.8 Å². The first-order valence-corrected chi connectivity index (χ1v) is 50.3. The lowest BCUT2D eigenvalue weighted by molar-refractivity contribution is 0.665. The van der Waals surface area contributed by atoms with E-state index in [1.54, 1.807) is 0 Å². The molecule has 11 heteroatoms. The second kappa shape index (κ2) is 32.6. The summed E-state index contributed by atoms with van der Waals surface area (Å²) in [5.74, 6) is 0. The highest BCUT2D eigenvalue weighted by Gasteiger charge is 2.27. The molecule has 33 rings (SSSR count). The summed E-state index contributed by atoms with van der Waals surface area (Å²) in [5, 5.41) is 26.9. The second-order valence-electron chi connectivity index (χ2n) is 39.1. The average Bonchev–Trinajstić information content (AvgIpc) is 1.57. The van der Waals surface area contributed by atoms with E-state index in [1.807, 2.05) is 0 Å². The number of para-hydroxylation sites is 13. The van der Waals surface area contributed by atoms with Gasteiger partial charge in [-0.05, 0) is 245 Å². The highest BCUT2D eigenvalue weighted by molar-refractivity contribution is 6.21. The van der Waals surface area contributed by atoms with Gasteiger partial charge in [-0.1, -0.05) is 272 Å². The molecule has 0 spiro atoms. The normalized spacial score (nSPS) is 12.1. The molecule has 0 amide bonds. The number of aromatic nitrogens is 7. The summed E-state index contributed by atoms with van der Waals surface area (Å²) in [4.78, 5) is 0. The molecule has 11 aromatic heterocycles. The van der Waals surface area contributed by atoms with Crippen molar-refractivity contribution >= 4 is 240 Å². The lowest BCUT2D eigenvalue weighted by Gasteiger charge is -2.11. The van der Waals surface area contributed by atoms with E-state index in [-0.39, 0.29) is 0 Å². The number of fused-ring (bicyclic) bond motifs is 33. The molecule has 0 aliphatic carbocycles. The highest BCUT2D eigenvalue weighted by atomic mass is 16.3. The van der Waals surface area contributed by atoms with Gasteiger partial charge in [0.2, 0.25) is 0 Å². The van der Waals surface area contributed by atoms with Crippen LogP contribution in [0.1, 0.15) is 22.3 Å². The van der Waals surface area contributed by atoms with Gasteiger partial charge in [-0.3, -0.25) is 0 Å². The van der Waals surface area contributed by atoms with Gasteiger partial charge in [0.25, 0.3) is 0 Å². The van der Waals surface area contributed by atoms with Crippen molar-refractivity contribution in [1.29, 1.82) is 0 Å². The predicted molar refractivity (Wildman–Crippen MR) is 614 cm³/mol. The maximum absolute atomic E-state index is 6.38. The molecule has 0 unspecified atom stereocenters. The molecule has 11 nitrogen and oxygen atoms in total. The zero-order valence-electron chi connectivity index (χ0n) is 80.7. The Hall–Kier alpha value is -19.4. The van der Waals surface area contributed by atoms with Gasteiger partial charge in [0.15, 0.2) is 0 Å². The van der Waals surface area contributed by atoms with Gasteiger partial charge in [0, 0.05) is 136 Å². The monoisotopic (exact) mass is 1880 g/mol. The van der Waals surface area contributed by atoms with Crippen LogP contribution >= 0.6 is 0 Å². The van der Waals surface area contributed by atoms with E-state index in [0.29, 0.717) is 0 Å². The van der Waals surface area contributed by atoms with Crippen LogP contribution in [-0.2, 0) is 0 Å². The van der Waals surface area contributed by atoms with Gasteiger partial charge in [-0.2, -0.15) is 0 Å². The molecule has 0 aliphatic rings. The van der Waals surface area contributed by atoms with Crippen LogP contribution < -0.4 is 0 Å². The van der Waals surface area contributed by atoms with E-state index in [4.69, 9.17) is 17.7 Å². The van der Waals surface area contributed by atoms with E-state index in [0.717, 1.165) is 117 Å². The molecule has 0 N–H and O–H groups in total. The first-order valence-electron chi connectivity index (χ1n) is 50.3. The Labute approximate surface area is 841 Å². The quantitative estimate of drug-likeness (QED) is 0.159. The van der Waals surface area contributed by atoms with Crippen molar-refractivity contribution in [2.45, 2.75) is 27.7 Å². The van der Waals surface area contributed by atoms with Crippen molar-refractivity contribution < 1.29 is 17.7 Å². The Morgan fingerprint density at radius 2 is 0.354 bits per heavy atom. The summed E-state index contributed by atoms with van der Waals surface area (Å²) in [5.41, 5.74) is 37.2. The molecule has 0 radical (unpaired) electrons. The van der Waals surface area contributed by atoms with Gasteiger partial charge in [-0.15, -0.1) is 0 Å². The summed E-state index contributed by atoms with van der Waals surface area (Å²) in [7, 11) is 0. The molecule has 0 atom stereocenters. The molecule has 0 fully saturated rings. The number of benzene rings is 22. The van der Waals surface area contributed by atoms with Crippen LogP contribution in [0.25, 0.3) is 280 Å². The van der Waals surface area contributed by atoms with Crippen molar-refractivity contribution in [3.63, 3.8) is 0 Å². The molecule has 692 valence electrons. The zero-order valence-corrected chi connectivity index (χ0v) is 80.7. The predicted octanol–water partition coefficient (Wildman–Crippen LogP) is 37.3. The first kappa shape index (κ1) is 83.4. The van der Waals surface area contributed by atoms with Crippen LogP contribution in [0.4, 0.5) is 0 Å². The fourth-order valence-electron chi connectivity index (χ4n) is 24.2. The van der Waals surface area contributed by atoms with Crippen LogP contribution in [0.2, 0.25) is 0 Å². The van der Waals surface area contributed by atoms with Gasteiger partial charge in [-0.25, -0.2) is 0 Å². The molecule has 33 aromatic rings. The first-order chi connectivity index (χ1) is 72.6. The van der Waals surface area contributed by atoms with Crippen molar-refractivity contribution in [2.24, 2.45) is 0 Å². The van der Waals surface area contributed by atoms with E-state index in [1.165, 1.54) is 186 Å². The van der Waals surface area contributed by atoms with E-state index < -0.39 is 0 Å². The molecule has 0 bridgehead atoms. The van der Waals surface area contributed by atoms with Crippen LogP contribution in [0.15, 0.2) is 485 Å². The molecule has 0 saturated heterocycles.